The second-order valence-electron chi connectivity index (χ2n) is 7.65. The molecule has 0 aliphatic carbocycles. The third-order valence-electron chi connectivity index (χ3n) is 5.38. The van der Waals surface area contributed by atoms with Gasteiger partial charge in [-0.2, -0.15) is 0 Å². The van der Waals surface area contributed by atoms with E-state index in [0.29, 0.717) is 34.3 Å². The van der Waals surface area contributed by atoms with Crippen molar-refractivity contribution in [3.05, 3.63) is 113 Å². The number of hydrogen-bond acceptors (Lipinski definition) is 5. The van der Waals surface area contributed by atoms with Gasteiger partial charge in [-0.3, -0.25) is 19.6 Å². The zero-order valence-corrected chi connectivity index (χ0v) is 18.7. The highest BCUT2D eigenvalue weighted by atomic mass is 35.5. The number of pyridine rings is 2. The molecule has 1 aliphatic heterocycles. The largest absolute Gasteiger partial charge is 0.455 e. The lowest BCUT2D eigenvalue weighted by Crippen LogP contribution is -2.30. The number of anilines is 1. The van der Waals surface area contributed by atoms with Gasteiger partial charge in [0.25, 0.3) is 11.8 Å². The van der Waals surface area contributed by atoms with Gasteiger partial charge in [-0.15, -0.1) is 0 Å². The molecule has 0 saturated heterocycles. The van der Waals surface area contributed by atoms with Crippen LogP contribution in [0.5, 0.6) is 11.5 Å². The van der Waals surface area contributed by atoms with Crippen LogP contribution in [0.3, 0.4) is 0 Å². The van der Waals surface area contributed by atoms with Crippen LogP contribution in [-0.4, -0.2) is 21.8 Å². The van der Waals surface area contributed by atoms with E-state index in [4.69, 9.17) is 16.3 Å². The first kappa shape index (κ1) is 21.6. The fraction of sp³-hybridized carbons (Fsp3) is 0.0769. The summed E-state index contributed by atoms with van der Waals surface area (Å²) in [5, 5.41) is 3.27. The Hall–Kier alpha value is -4.23. The van der Waals surface area contributed by atoms with E-state index in [9.17, 15) is 9.59 Å². The number of carbonyl (C=O) groups is 2. The van der Waals surface area contributed by atoms with Crippen molar-refractivity contribution in [3.8, 4) is 11.5 Å². The average molecular weight is 471 g/mol. The fourth-order valence-corrected chi connectivity index (χ4v) is 3.82. The predicted octanol–water partition coefficient (Wildman–Crippen LogP) is 5.01. The first-order valence-electron chi connectivity index (χ1n) is 10.6. The van der Waals surface area contributed by atoms with E-state index in [0.717, 1.165) is 11.3 Å². The number of benzene rings is 2. The van der Waals surface area contributed by atoms with Crippen LogP contribution in [0.25, 0.3) is 0 Å². The van der Waals surface area contributed by atoms with Crippen molar-refractivity contribution in [3.63, 3.8) is 0 Å². The SMILES string of the molecule is O=C(NCc1ccccn1)c1ccc(C(=O)N2Cc3ccccc3Oc3ccc(Cl)cc32)cn1. The normalized spacial score (nSPS) is 12.1. The Morgan fingerprint density at radius 1 is 0.971 bits per heavy atom. The summed E-state index contributed by atoms with van der Waals surface area (Å²) in [6.45, 7) is 0.585. The number of nitrogens with zero attached hydrogens (tertiary/aromatic N) is 3. The summed E-state index contributed by atoms with van der Waals surface area (Å²) in [4.78, 5) is 36.0. The summed E-state index contributed by atoms with van der Waals surface area (Å²) in [5.41, 5.74) is 2.71. The van der Waals surface area contributed by atoms with Crippen molar-refractivity contribution >= 4 is 29.1 Å². The quantitative estimate of drug-likeness (QED) is 0.453. The molecule has 0 bridgehead atoms. The van der Waals surface area contributed by atoms with Crippen molar-refractivity contribution in [1.82, 2.24) is 15.3 Å². The number of halogens is 1. The summed E-state index contributed by atoms with van der Waals surface area (Å²) in [5.74, 6) is 0.580. The highest BCUT2D eigenvalue weighted by Crippen LogP contribution is 2.40. The Bertz CT molecular complexity index is 1360. The minimum Gasteiger partial charge on any atom is -0.455 e. The fourth-order valence-electron chi connectivity index (χ4n) is 3.65. The van der Waals surface area contributed by atoms with Crippen LogP contribution in [0.1, 0.15) is 32.1 Å². The van der Waals surface area contributed by atoms with Crippen molar-refractivity contribution in [1.29, 1.82) is 0 Å². The van der Waals surface area contributed by atoms with E-state index >= 15 is 0 Å². The molecule has 0 fully saturated rings. The summed E-state index contributed by atoms with van der Waals surface area (Å²) < 4.78 is 6.06. The second kappa shape index (κ2) is 9.33. The topological polar surface area (TPSA) is 84.4 Å². The molecular weight excluding hydrogens is 452 g/mol. The van der Waals surface area contributed by atoms with Crippen LogP contribution < -0.4 is 15.0 Å². The van der Waals surface area contributed by atoms with Gasteiger partial charge in [-0.1, -0.05) is 35.9 Å². The smallest absolute Gasteiger partial charge is 0.270 e. The number of hydrogen-bond donors (Lipinski definition) is 1. The van der Waals surface area contributed by atoms with E-state index in [1.807, 2.05) is 42.5 Å². The molecule has 1 aliphatic rings. The minimum absolute atomic E-state index is 0.209. The molecule has 2 aromatic heterocycles. The lowest BCUT2D eigenvalue weighted by atomic mass is 10.1. The van der Waals surface area contributed by atoms with Crippen LogP contribution in [-0.2, 0) is 13.1 Å². The Labute approximate surface area is 201 Å². The number of aromatic nitrogens is 2. The van der Waals surface area contributed by atoms with Crippen molar-refractivity contribution in [2.24, 2.45) is 0 Å². The average Bonchev–Trinajstić information content (AvgIpc) is 3.04. The first-order valence-corrected chi connectivity index (χ1v) is 11.0. The van der Waals surface area contributed by atoms with E-state index in [2.05, 4.69) is 15.3 Å². The molecule has 2 amide bonds. The number of ether oxygens (including phenoxy) is 1. The molecule has 0 saturated carbocycles. The molecule has 0 atom stereocenters. The maximum Gasteiger partial charge on any atom is 0.270 e. The van der Waals surface area contributed by atoms with Gasteiger partial charge < -0.3 is 15.0 Å². The lowest BCUT2D eigenvalue weighted by molar-refractivity contribution is 0.0941. The molecule has 2 aromatic carbocycles. The van der Waals surface area contributed by atoms with E-state index < -0.39 is 0 Å². The number of nitrogens with one attached hydrogen (secondary N) is 1. The molecule has 7 nitrogen and oxygen atoms in total. The molecule has 0 radical (unpaired) electrons. The number of para-hydroxylation sites is 1. The third-order valence-corrected chi connectivity index (χ3v) is 5.61. The first-order chi connectivity index (χ1) is 16.6. The van der Waals surface area contributed by atoms with E-state index in [-0.39, 0.29) is 24.1 Å². The molecule has 0 spiro atoms. The lowest BCUT2D eigenvalue weighted by Gasteiger charge is -2.22. The summed E-state index contributed by atoms with van der Waals surface area (Å²) in [6.07, 6.45) is 3.07. The van der Waals surface area contributed by atoms with Crippen LogP contribution in [0.4, 0.5) is 5.69 Å². The number of fused-ring (bicyclic) bond motifs is 2. The van der Waals surface area contributed by atoms with E-state index in [1.54, 1.807) is 35.4 Å². The van der Waals surface area contributed by atoms with Crippen LogP contribution in [0.2, 0.25) is 5.02 Å². The molecule has 3 heterocycles. The monoisotopic (exact) mass is 470 g/mol. The highest BCUT2D eigenvalue weighted by Gasteiger charge is 2.27. The molecule has 0 unspecified atom stereocenters. The maximum absolute atomic E-state index is 13.5. The van der Waals surface area contributed by atoms with Gasteiger partial charge in [-0.25, -0.2) is 0 Å². The minimum atomic E-state index is -0.348. The van der Waals surface area contributed by atoms with Crippen LogP contribution >= 0.6 is 11.6 Å². The molecule has 4 aromatic rings. The van der Waals surface area contributed by atoms with Crippen molar-refractivity contribution in [2.45, 2.75) is 13.1 Å². The Morgan fingerprint density at radius 3 is 2.62 bits per heavy atom. The van der Waals surface area contributed by atoms with Gasteiger partial charge in [0.05, 0.1) is 30.0 Å². The zero-order valence-electron chi connectivity index (χ0n) is 17.9. The maximum atomic E-state index is 13.5. The predicted molar refractivity (Wildman–Crippen MR) is 128 cm³/mol. The summed E-state index contributed by atoms with van der Waals surface area (Å²) in [7, 11) is 0. The molecule has 34 heavy (non-hydrogen) atoms. The van der Waals surface area contributed by atoms with Gasteiger partial charge >= 0.3 is 0 Å². The Kier molecular flexibility index (Phi) is 5.93. The van der Waals surface area contributed by atoms with Crippen molar-refractivity contribution < 1.29 is 14.3 Å². The second-order valence-corrected chi connectivity index (χ2v) is 8.09. The van der Waals surface area contributed by atoms with Gasteiger partial charge in [0.1, 0.15) is 11.4 Å². The Morgan fingerprint density at radius 2 is 1.82 bits per heavy atom. The highest BCUT2D eigenvalue weighted by molar-refractivity contribution is 6.31. The number of carbonyl (C=O) groups excluding carboxylic acids is 2. The number of amides is 2. The Balaban J connectivity index is 1.38. The van der Waals surface area contributed by atoms with Gasteiger partial charge in [0.15, 0.2) is 5.75 Å². The van der Waals surface area contributed by atoms with Gasteiger partial charge in [0, 0.05) is 23.0 Å². The standard InChI is InChI=1S/C26H19ClN4O3/c27-19-9-11-24-22(13-19)31(16-18-5-1-2-7-23(18)34-24)26(33)17-8-10-21(29-14-17)25(32)30-15-20-6-3-4-12-28-20/h1-14H,15-16H2,(H,30,32). The van der Waals surface area contributed by atoms with Crippen LogP contribution in [0, 0.1) is 0 Å². The third kappa shape index (κ3) is 4.46. The van der Waals surface area contributed by atoms with E-state index in [1.165, 1.54) is 12.3 Å². The van der Waals surface area contributed by atoms with Gasteiger partial charge in [-0.05, 0) is 48.5 Å². The molecule has 8 heteroatoms. The summed E-state index contributed by atoms with van der Waals surface area (Å²) >= 11 is 6.23. The molecule has 5 rings (SSSR count). The molecule has 1 N–H and O–H groups in total. The summed E-state index contributed by atoms with van der Waals surface area (Å²) in [6, 6.07) is 21.3. The molecule has 168 valence electrons. The zero-order chi connectivity index (χ0) is 23.5. The van der Waals surface area contributed by atoms with Crippen LogP contribution in [0.15, 0.2) is 85.2 Å². The van der Waals surface area contributed by atoms with Crippen molar-refractivity contribution in [2.75, 3.05) is 4.90 Å². The van der Waals surface area contributed by atoms with Gasteiger partial charge in [0.2, 0.25) is 0 Å². The number of rotatable bonds is 4. The molecular formula is C26H19ClN4O3.